The number of unbranched alkanes of at least 4 members (excludes halogenated alkanes) is 4. The van der Waals surface area contributed by atoms with E-state index in [0.717, 1.165) is 50.5 Å². The number of hydrogen-bond acceptors (Lipinski definition) is 4. The maximum Gasteiger partial charge on any atom is 0.311 e. The zero-order chi connectivity index (χ0) is 18.5. The molecule has 0 fully saturated rings. The van der Waals surface area contributed by atoms with Crippen molar-refractivity contribution >= 4 is 11.9 Å². The van der Waals surface area contributed by atoms with E-state index < -0.39 is 0 Å². The van der Waals surface area contributed by atoms with Crippen LogP contribution in [0, 0.1) is 0 Å². The Kier molecular flexibility index (Phi) is 10.6. The number of aryl methyl sites for hydroxylation is 1. The molecule has 0 radical (unpaired) electrons. The summed E-state index contributed by atoms with van der Waals surface area (Å²) >= 11 is 0. The first-order valence-electron chi connectivity index (χ1n) is 9.64. The highest BCUT2D eigenvalue weighted by atomic mass is 16.6. The van der Waals surface area contributed by atoms with Crippen molar-refractivity contribution in [2.75, 3.05) is 0 Å². The molecular weight excluding hydrogens is 316 g/mol. The zero-order valence-electron chi connectivity index (χ0n) is 15.9. The van der Waals surface area contributed by atoms with Gasteiger partial charge in [-0.3, -0.25) is 9.59 Å². The molecule has 0 saturated carbocycles. The van der Waals surface area contributed by atoms with Gasteiger partial charge in [0.15, 0.2) is 11.5 Å². The van der Waals surface area contributed by atoms with Crippen molar-refractivity contribution in [3.05, 3.63) is 23.8 Å². The first-order valence-corrected chi connectivity index (χ1v) is 9.64. The fraction of sp³-hybridized carbons (Fsp3) is 0.619. The van der Waals surface area contributed by atoms with Crippen LogP contribution in [-0.2, 0) is 16.0 Å². The first kappa shape index (κ1) is 21.2. The molecule has 1 aromatic rings. The Morgan fingerprint density at radius 2 is 1.32 bits per heavy atom. The van der Waals surface area contributed by atoms with E-state index in [4.69, 9.17) is 9.47 Å². The van der Waals surface area contributed by atoms with E-state index >= 15 is 0 Å². The van der Waals surface area contributed by atoms with Crippen LogP contribution in [0.2, 0.25) is 0 Å². The smallest absolute Gasteiger partial charge is 0.311 e. The molecule has 0 atom stereocenters. The van der Waals surface area contributed by atoms with Gasteiger partial charge in [-0.2, -0.15) is 0 Å². The molecule has 0 aliphatic heterocycles. The topological polar surface area (TPSA) is 52.6 Å². The highest BCUT2D eigenvalue weighted by Crippen LogP contribution is 2.30. The average Bonchev–Trinajstić information content (AvgIpc) is 2.60. The van der Waals surface area contributed by atoms with Gasteiger partial charge in [0.1, 0.15) is 0 Å². The minimum Gasteiger partial charge on any atom is -0.423 e. The highest BCUT2D eigenvalue weighted by Gasteiger charge is 2.14. The lowest BCUT2D eigenvalue weighted by Gasteiger charge is -2.12. The van der Waals surface area contributed by atoms with Gasteiger partial charge in [0.2, 0.25) is 0 Å². The van der Waals surface area contributed by atoms with Crippen molar-refractivity contribution in [2.45, 2.75) is 85.0 Å². The maximum absolute atomic E-state index is 12.0. The second-order valence-corrected chi connectivity index (χ2v) is 6.39. The summed E-state index contributed by atoms with van der Waals surface area (Å²) in [4.78, 5) is 23.9. The molecule has 0 unspecified atom stereocenters. The van der Waals surface area contributed by atoms with Gasteiger partial charge in [-0.1, -0.05) is 52.5 Å². The van der Waals surface area contributed by atoms with E-state index in [1.165, 1.54) is 6.42 Å². The summed E-state index contributed by atoms with van der Waals surface area (Å²) in [6.07, 6.45) is 8.55. The van der Waals surface area contributed by atoms with Gasteiger partial charge in [-0.25, -0.2) is 0 Å². The van der Waals surface area contributed by atoms with Crippen LogP contribution in [-0.4, -0.2) is 11.9 Å². The van der Waals surface area contributed by atoms with E-state index in [0.29, 0.717) is 24.3 Å². The van der Waals surface area contributed by atoms with E-state index in [9.17, 15) is 9.59 Å². The lowest BCUT2D eigenvalue weighted by Crippen LogP contribution is -2.12. The highest BCUT2D eigenvalue weighted by molar-refractivity contribution is 5.76. The second-order valence-electron chi connectivity index (χ2n) is 6.39. The fourth-order valence-electron chi connectivity index (χ4n) is 2.44. The first-order chi connectivity index (χ1) is 12.1. The Labute approximate surface area is 151 Å². The Morgan fingerprint density at radius 1 is 0.760 bits per heavy atom. The van der Waals surface area contributed by atoms with Gasteiger partial charge < -0.3 is 9.47 Å². The minimum absolute atomic E-state index is 0.279. The van der Waals surface area contributed by atoms with Crippen LogP contribution in [0.3, 0.4) is 0 Å². The third-order valence-corrected chi connectivity index (χ3v) is 3.99. The zero-order valence-corrected chi connectivity index (χ0v) is 15.9. The van der Waals surface area contributed by atoms with Crippen LogP contribution in [0.4, 0.5) is 0 Å². The molecule has 0 N–H and O–H groups in total. The SMILES string of the molecule is CCCCCc1ccc(OC(=O)CCCC)c(OC(=O)CCCC)c1. The van der Waals surface area contributed by atoms with Gasteiger partial charge in [0.05, 0.1) is 0 Å². The van der Waals surface area contributed by atoms with Crippen LogP contribution < -0.4 is 9.47 Å². The molecule has 0 spiro atoms. The lowest BCUT2D eigenvalue weighted by atomic mass is 10.1. The summed E-state index contributed by atoms with van der Waals surface area (Å²) in [6.45, 7) is 6.22. The monoisotopic (exact) mass is 348 g/mol. The van der Waals surface area contributed by atoms with Gasteiger partial charge in [0.25, 0.3) is 0 Å². The van der Waals surface area contributed by atoms with Gasteiger partial charge in [-0.15, -0.1) is 0 Å². The number of rotatable bonds is 12. The van der Waals surface area contributed by atoms with Gasteiger partial charge >= 0.3 is 11.9 Å². The van der Waals surface area contributed by atoms with Crippen molar-refractivity contribution in [2.24, 2.45) is 0 Å². The fourth-order valence-corrected chi connectivity index (χ4v) is 2.44. The number of carbonyl (C=O) groups is 2. The Hall–Kier alpha value is -1.84. The standard InChI is InChI=1S/C21H32O4/c1-4-7-10-11-17-14-15-18(24-20(22)12-8-5-2)19(16-17)25-21(23)13-9-6-3/h14-16H,4-13H2,1-3H3. The molecule has 0 heterocycles. The second kappa shape index (κ2) is 12.5. The van der Waals surface area contributed by atoms with Crippen LogP contribution in [0.5, 0.6) is 11.5 Å². The van der Waals surface area contributed by atoms with Crippen molar-refractivity contribution in [3.8, 4) is 11.5 Å². The third-order valence-electron chi connectivity index (χ3n) is 3.99. The summed E-state index contributed by atoms with van der Waals surface area (Å²) in [5, 5.41) is 0. The van der Waals surface area contributed by atoms with Gasteiger partial charge in [-0.05, 0) is 43.4 Å². The molecule has 25 heavy (non-hydrogen) atoms. The quantitative estimate of drug-likeness (QED) is 0.280. The van der Waals surface area contributed by atoms with Crippen LogP contribution in [0.25, 0.3) is 0 Å². The molecule has 0 amide bonds. The molecular formula is C21H32O4. The number of hydrogen-bond donors (Lipinski definition) is 0. The van der Waals surface area contributed by atoms with Crippen LogP contribution in [0.1, 0.15) is 84.1 Å². The summed E-state index contributed by atoms with van der Waals surface area (Å²) in [5.41, 5.74) is 1.10. The number of ether oxygens (including phenoxy) is 2. The minimum atomic E-state index is -0.286. The Balaban J connectivity index is 2.84. The summed E-state index contributed by atoms with van der Waals surface area (Å²) < 4.78 is 10.9. The van der Waals surface area contributed by atoms with Crippen molar-refractivity contribution in [1.82, 2.24) is 0 Å². The molecule has 4 nitrogen and oxygen atoms in total. The number of carbonyl (C=O) groups excluding carboxylic acids is 2. The predicted molar refractivity (Wildman–Crippen MR) is 100.0 cm³/mol. The van der Waals surface area contributed by atoms with E-state index in [2.05, 4.69) is 6.92 Å². The van der Waals surface area contributed by atoms with Crippen molar-refractivity contribution in [3.63, 3.8) is 0 Å². The normalized spacial score (nSPS) is 10.5. The molecule has 1 aromatic carbocycles. The molecule has 0 bridgehead atoms. The van der Waals surface area contributed by atoms with Crippen LogP contribution >= 0.6 is 0 Å². The van der Waals surface area contributed by atoms with E-state index in [1.807, 2.05) is 26.0 Å². The Morgan fingerprint density at radius 3 is 1.88 bits per heavy atom. The van der Waals surface area contributed by atoms with Crippen LogP contribution in [0.15, 0.2) is 18.2 Å². The van der Waals surface area contributed by atoms with E-state index in [1.54, 1.807) is 6.07 Å². The van der Waals surface area contributed by atoms with E-state index in [-0.39, 0.29) is 11.9 Å². The molecule has 1 rings (SSSR count). The van der Waals surface area contributed by atoms with Crippen molar-refractivity contribution in [1.29, 1.82) is 0 Å². The summed E-state index contributed by atoms with van der Waals surface area (Å²) in [7, 11) is 0. The molecule has 0 aliphatic carbocycles. The number of benzene rings is 1. The van der Waals surface area contributed by atoms with Crippen molar-refractivity contribution < 1.29 is 19.1 Å². The Bertz CT molecular complexity index is 537. The molecule has 140 valence electrons. The molecule has 0 aliphatic rings. The predicted octanol–water partition coefficient (Wildman–Crippen LogP) is 5.61. The largest absolute Gasteiger partial charge is 0.423 e. The average molecular weight is 348 g/mol. The molecule has 0 aromatic heterocycles. The number of esters is 2. The summed E-state index contributed by atoms with van der Waals surface area (Å²) in [5.74, 6) is 0.134. The molecule has 0 saturated heterocycles. The lowest BCUT2D eigenvalue weighted by molar-refractivity contribution is -0.137. The maximum atomic E-state index is 12.0. The third kappa shape index (κ3) is 8.71. The molecule has 4 heteroatoms. The summed E-state index contributed by atoms with van der Waals surface area (Å²) in [6, 6.07) is 5.52. The van der Waals surface area contributed by atoms with Gasteiger partial charge in [0, 0.05) is 12.8 Å².